The third-order valence-corrected chi connectivity index (χ3v) is 5.93. The minimum absolute atomic E-state index is 0.147. The molecule has 1 fully saturated rings. The molecule has 5 heteroatoms. The Bertz CT molecular complexity index is 908. The number of benzene rings is 2. The number of rotatable bonds is 3. The molecule has 2 heterocycles. The van der Waals surface area contributed by atoms with Gasteiger partial charge in [-0.25, -0.2) is 9.69 Å². The van der Waals surface area contributed by atoms with Gasteiger partial charge in [-0.1, -0.05) is 36.4 Å². The number of ether oxygens (including phenoxy) is 2. The molecule has 0 radical (unpaired) electrons. The number of carbonyl (C=O) groups excluding carboxylic acids is 2. The molecule has 0 N–H and O–H groups in total. The Balaban J connectivity index is 1.40. The minimum atomic E-state index is -0.534. The van der Waals surface area contributed by atoms with Crippen LogP contribution in [0.4, 0.5) is 4.79 Å². The molecule has 5 rings (SSSR count). The van der Waals surface area contributed by atoms with Gasteiger partial charge in [0, 0.05) is 18.4 Å². The van der Waals surface area contributed by atoms with Crippen molar-refractivity contribution in [3.8, 4) is 5.75 Å². The van der Waals surface area contributed by atoms with Crippen molar-refractivity contribution < 1.29 is 19.1 Å². The van der Waals surface area contributed by atoms with Crippen molar-refractivity contribution in [2.24, 2.45) is 0 Å². The van der Waals surface area contributed by atoms with E-state index in [1.54, 1.807) is 0 Å². The predicted molar refractivity (Wildman–Crippen MR) is 98.7 cm³/mol. The average molecular weight is 363 g/mol. The van der Waals surface area contributed by atoms with E-state index < -0.39 is 6.09 Å². The quantitative estimate of drug-likeness (QED) is 0.833. The van der Waals surface area contributed by atoms with Crippen LogP contribution in [-0.4, -0.2) is 30.1 Å². The van der Waals surface area contributed by atoms with Gasteiger partial charge in [-0.3, -0.25) is 4.79 Å². The van der Waals surface area contributed by atoms with Gasteiger partial charge in [0.15, 0.2) is 0 Å². The lowest BCUT2D eigenvalue weighted by Crippen LogP contribution is -2.34. The smallest absolute Gasteiger partial charge is 0.417 e. The number of nitrogens with zero attached hydrogens (tertiary/aromatic N) is 1. The highest BCUT2D eigenvalue weighted by Crippen LogP contribution is 2.44. The maximum Gasteiger partial charge on any atom is 0.417 e. The molecular weight excluding hydrogens is 342 g/mol. The van der Waals surface area contributed by atoms with Crippen LogP contribution in [-0.2, 0) is 22.4 Å². The Kier molecular flexibility index (Phi) is 3.88. The van der Waals surface area contributed by atoms with E-state index >= 15 is 0 Å². The molecule has 0 saturated carbocycles. The summed E-state index contributed by atoms with van der Waals surface area (Å²) >= 11 is 0. The van der Waals surface area contributed by atoms with Crippen LogP contribution in [0.1, 0.15) is 47.1 Å². The Morgan fingerprint density at radius 2 is 1.93 bits per heavy atom. The lowest BCUT2D eigenvalue weighted by atomic mass is 9.91. The minimum Gasteiger partial charge on any atom is -0.493 e. The normalized spacial score (nSPS) is 23.0. The van der Waals surface area contributed by atoms with Crippen molar-refractivity contribution in [1.82, 2.24) is 4.90 Å². The SMILES string of the molecule is O=C(C[C@@H]1CCc2ccc3c(c21)CCO3)N1C(=O)OC[C@@H]1c1ccccc1. The molecule has 3 aliphatic rings. The zero-order valence-corrected chi connectivity index (χ0v) is 15.0. The summed E-state index contributed by atoms with van der Waals surface area (Å²) in [7, 11) is 0. The summed E-state index contributed by atoms with van der Waals surface area (Å²) in [6.07, 6.45) is 2.63. The van der Waals surface area contributed by atoms with Crippen LogP contribution < -0.4 is 4.74 Å². The van der Waals surface area contributed by atoms with Crippen molar-refractivity contribution in [3.05, 3.63) is 64.7 Å². The summed E-state index contributed by atoms with van der Waals surface area (Å²) in [5, 5.41) is 0. The van der Waals surface area contributed by atoms with Gasteiger partial charge in [0.1, 0.15) is 18.4 Å². The molecular formula is C22H21NO4. The van der Waals surface area contributed by atoms with Crippen molar-refractivity contribution in [2.75, 3.05) is 13.2 Å². The molecule has 1 aliphatic carbocycles. The molecule has 5 nitrogen and oxygen atoms in total. The van der Waals surface area contributed by atoms with E-state index in [2.05, 4.69) is 12.1 Å². The Labute approximate surface area is 157 Å². The first-order valence-electron chi connectivity index (χ1n) is 9.53. The first-order chi connectivity index (χ1) is 13.2. The number of hydrogen-bond donors (Lipinski definition) is 0. The highest BCUT2D eigenvalue weighted by atomic mass is 16.6. The first kappa shape index (κ1) is 16.4. The number of imide groups is 1. The van der Waals surface area contributed by atoms with E-state index in [4.69, 9.17) is 9.47 Å². The van der Waals surface area contributed by atoms with Crippen LogP contribution in [0.2, 0.25) is 0 Å². The number of hydrogen-bond acceptors (Lipinski definition) is 4. The fourth-order valence-electron chi connectivity index (χ4n) is 4.68. The highest BCUT2D eigenvalue weighted by molar-refractivity contribution is 5.94. The summed E-state index contributed by atoms with van der Waals surface area (Å²) in [5.74, 6) is 0.950. The van der Waals surface area contributed by atoms with E-state index in [9.17, 15) is 9.59 Å². The lowest BCUT2D eigenvalue weighted by molar-refractivity contribution is -0.129. The van der Waals surface area contributed by atoms with Crippen LogP contribution in [0, 0.1) is 0 Å². The maximum atomic E-state index is 13.1. The Morgan fingerprint density at radius 3 is 2.78 bits per heavy atom. The number of fused-ring (bicyclic) bond motifs is 3. The zero-order valence-electron chi connectivity index (χ0n) is 15.0. The predicted octanol–water partition coefficient (Wildman–Crippen LogP) is 3.76. The fraction of sp³-hybridized carbons (Fsp3) is 0.364. The van der Waals surface area contributed by atoms with Crippen LogP contribution in [0.15, 0.2) is 42.5 Å². The molecule has 0 bridgehead atoms. The summed E-state index contributed by atoms with van der Waals surface area (Å²) in [6.45, 7) is 0.931. The van der Waals surface area contributed by atoms with Crippen molar-refractivity contribution >= 4 is 12.0 Å². The standard InChI is InChI=1S/C22H21NO4/c24-20(23-18(13-27-22(23)25)14-4-2-1-3-5-14)12-16-7-6-15-8-9-19-17(21(15)16)10-11-26-19/h1-5,8-9,16,18H,6-7,10-13H2/t16-,18+/m0/s1. The van der Waals surface area contributed by atoms with Crippen molar-refractivity contribution in [1.29, 1.82) is 0 Å². The molecule has 2 amide bonds. The van der Waals surface area contributed by atoms with Gasteiger partial charge >= 0.3 is 6.09 Å². The molecule has 0 spiro atoms. The lowest BCUT2D eigenvalue weighted by Gasteiger charge is -2.22. The summed E-state index contributed by atoms with van der Waals surface area (Å²) in [5.41, 5.74) is 4.78. The number of cyclic esters (lactones) is 1. The second kappa shape index (κ2) is 6.41. The zero-order chi connectivity index (χ0) is 18.4. The van der Waals surface area contributed by atoms with Gasteiger partial charge in [0.25, 0.3) is 0 Å². The van der Waals surface area contributed by atoms with Gasteiger partial charge in [0.05, 0.1) is 6.61 Å². The van der Waals surface area contributed by atoms with Gasteiger partial charge in [-0.2, -0.15) is 0 Å². The molecule has 0 aromatic heterocycles. The summed E-state index contributed by atoms with van der Waals surface area (Å²) < 4.78 is 10.9. The van der Waals surface area contributed by atoms with Crippen LogP contribution >= 0.6 is 0 Å². The second-order valence-electron chi connectivity index (χ2n) is 7.42. The molecule has 1 saturated heterocycles. The largest absolute Gasteiger partial charge is 0.493 e. The first-order valence-corrected chi connectivity index (χ1v) is 9.53. The second-order valence-corrected chi connectivity index (χ2v) is 7.42. The van der Waals surface area contributed by atoms with Gasteiger partial charge < -0.3 is 9.47 Å². The van der Waals surface area contributed by atoms with Crippen LogP contribution in [0.25, 0.3) is 0 Å². The van der Waals surface area contributed by atoms with E-state index in [0.29, 0.717) is 13.0 Å². The molecule has 2 aliphatic heterocycles. The summed E-state index contributed by atoms with van der Waals surface area (Å²) in [4.78, 5) is 26.7. The Hall–Kier alpha value is -2.82. The molecule has 27 heavy (non-hydrogen) atoms. The van der Waals surface area contributed by atoms with Gasteiger partial charge in [-0.05, 0) is 41.5 Å². The van der Waals surface area contributed by atoms with E-state index in [1.165, 1.54) is 21.6 Å². The highest BCUT2D eigenvalue weighted by Gasteiger charge is 2.40. The third kappa shape index (κ3) is 2.69. The molecule has 0 unspecified atom stereocenters. The topological polar surface area (TPSA) is 55.8 Å². The van der Waals surface area contributed by atoms with Crippen LogP contribution in [0.5, 0.6) is 5.75 Å². The summed E-state index contributed by atoms with van der Waals surface area (Å²) in [6, 6.07) is 13.5. The number of aryl methyl sites for hydroxylation is 1. The van der Waals surface area contributed by atoms with Crippen molar-refractivity contribution in [3.63, 3.8) is 0 Å². The Morgan fingerprint density at radius 1 is 1.07 bits per heavy atom. The number of amides is 2. The molecule has 138 valence electrons. The number of carbonyl (C=O) groups is 2. The van der Waals surface area contributed by atoms with E-state index in [1.807, 2.05) is 30.3 Å². The van der Waals surface area contributed by atoms with E-state index in [0.717, 1.165) is 30.6 Å². The molecule has 2 atom stereocenters. The average Bonchev–Trinajstić information content (AvgIpc) is 3.40. The monoisotopic (exact) mass is 363 g/mol. The third-order valence-electron chi connectivity index (χ3n) is 5.93. The van der Waals surface area contributed by atoms with Gasteiger partial charge in [0.2, 0.25) is 5.91 Å². The fourth-order valence-corrected chi connectivity index (χ4v) is 4.68. The molecule has 2 aromatic rings. The van der Waals surface area contributed by atoms with Gasteiger partial charge in [-0.15, -0.1) is 0 Å². The van der Waals surface area contributed by atoms with Crippen molar-refractivity contribution in [2.45, 2.75) is 37.6 Å². The maximum absolute atomic E-state index is 13.1. The van der Waals surface area contributed by atoms with Crippen LogP contribution in [0.3, 0.4) is 0 Å². The van der Waals surface area contributed by atoms with E-state index in [-0.39, 0.29) is 24.5 Å². The molecule has 2 aromatic carbocycles.